The maximum Gasteiger partial charge on any atom is 0.300 e. The number of hydrogen-bond acceptors (Lipinski definition) is 6. The minimum Gasteiger partial charge on any atom is -0.504 e. The molecule has 210 valence electrons. The maximum absolute atomic E-state index is 12.1. The van der Waals surface area contributed by atoms with Gasteiger partial charge in [0.05, 0.1) is 30.1 Å². The number of likely N-dealkylation sites (tertiary alicyclic amines) is 1. The van der Waals surface area contributed by atoms with Crippen LogP contribution in [0.4, 0.5) is 0 Å². The molecule has 7 aliphatic rings. The number of aromatic hydroxyl groups is 1. The van der Waals surface area contributed by atoms with Crippen molar-refractivity contribution in [2.45, 2.75) is 108 Å². The molecule has 38 heavy (non-hydrogen) atoms. The first-order chi connectivity index (χ1) is 17.7. The van der Waals surface area contributed by atoms with Crippen LogP contribution in [0, 0.1) is 22.7 Å². The summed E-state index contributed by atoms with van der Waals surface area (Å²) in [5, 5.41) is 41.1. The van der Waals surface area contributed by atoms with E-state index in [1.807, 2.05) is 6.92 Å². The van der Waals surface area contributed by atoms with E-state index in [0.717, 1.165) is 45.1 Å². The molecule has 4 saturated carbocycles. The summed E-state index contributed by atoms with van der Waals surface area (Å²) in [4.78, 5) is 16.3. The fourth-order valence-electron chi connectivity index (χ4n) is 9.62. The largest absolute Gasteiger partial charge is 0.504 e. The van der Waals surface area contributed by atoms with Gasteiger partial charge >= 0.3 is 0 Å². The number of hydrogen-bond donors (Lipinski definition) is 5. The second-order valence-corrected chi connectivity index (χ2v) is 14.4. The molecular formula is C30H44NO7+. The minimum absolute atomic E-state index is 0.0353. The molecule has 1 saturated heterocycles. The van der Waals surface area contributed by atoms with Crippen molar-refractivity contribution in [2.75, 3.05) is 13.1 Å². The van der Waals surface area contributed by atoms with Gasteiger partial charge in [-0.1, -0.05) is 26.8 Å². The highest BCUT2D eigenvalue weighted by Gasteiger charge is 2.84. The lowest BCUT2D eigenvalue weighted by atomic mass is 9.33. The van der Waals surface area contributed by atoms with E-state index in [0.29, 0.717) is 18.2 Å². The number of phenols is 1. The van der Waals surface area contributed by atoms with Crippen LogP contribution in [0.5, 0.6) is 11.5 Å². The third-order valence-electron chi connectivity index (χ3n) is 11.8. The number of aliphatic hydroxyl groups is 1. The lowest BCUT2D eigenvalue weighted by Crippen LogP contribution is -3.21. The maximum atomic E-state index is 12.1. The molecule has 8 atom stereocenters. The highest BCUT2D eigenvalue weighted by atomic mass is 17.1. The van der Waals surface area contributed by atoms with Crippen molar-refractivity contribution in [1.29, 1.82) is 0 Å². The average molecular weight is 531 g/mol. The molecule has 5 aliphatic carbocycles. The number of nitrogens with one attached hydrogen (secondary N) is 1. The monoisotopic (exact) mass is 530 g/mol. The van der Waals surface area contributed by atoms with Gasteiger partial charge in [0.1, 0.15) is 11.7 Å². The van der Waals surface area contributed by atoms with E-state index in [2.05, 4.69) is 26.8 Å². The summed E-state index contributed by atoms with van der Waals surface area (Å²) in [5.74, 6) is 0.553. The zero-order valence-corrected chi connectivity index (χ0v) is 23.3. The number of rotatable bonds is 4. The van der Waals surface area contributed by atoms with E-state index < -0.39 is 28.7 Å². The van der Waals surface area contributed by atoms with Crippen molar-refractivity contribution < 1.29 is 39.9 Å². The highest BCUT2D eigenvalue weighted by Crippen LogP contribution is 2.76. The fraction of sp³-hybridized carbons (Fsp3) is 0.767. The van der Waals surface area contributed by atoms with Gasteiger partial charge in [0, 0.05) is 42.6 Å². The molecule has 4 bridgehead atoms. The smallest absolute Gasteiger partial charge is 0.300 e. The van der Waals surface area contributed by atoms with E-state index >= 15 is 0 Å². The van der Waals surface area contributed by atoms with E-state index in [9.17, 15) is 15.5 Å². The molecule has 2 spiro atoms. The molecule has 0 amide bonds. The lowest BCUT2D eigenvalue weighted by molar-refractivity contribution is -0.946. The van der Waals surface area contributed by atoms with Crippen molar-refractivity contribution in [3.8, 4) is 11.5 Å². The predicted octanol–water partition coefficient (Wildman–Crippen LogP) is 2.93. The molecule has 2 heterocycles. The first kappa shape index (κ1) is 26.4. The molecule has 0 aromatic heterocycles. The molecule has 1 aromatic rings. The van der Waals surface area contributed by atoms with Crippen LogP contribution in [-0.4, -0.2) is 63.0 Å². The van der Waals surface area contributed by atoms with E-state index in [-0.39, 0.29) is 22.5 Å². The van der Waals surface area contributed by atoms with Crippen molar-refractivity contribution in [3.63, 3.8) is 0 Å². The summed E-state index contributed by atoms with van der Waals surface area (Å²) >= 11 is 0. The zero-order valence-electron chi connectivity index (χ0n) is 23.3. The van der Waals surface area contributed by atoms with Gasteiger partial charge in [0.25, 0.3) is 5.97 Å². The standard InChI is InChI=1S/C28H39NO5.C2H4O2/c1-24(2,3)25(4,31)19-14-26-9-10-28(19,34-32)23-27(26)11-12-29(15-16-5-6-16)20(26)13-17-7-8-18(30)22(33-23)21(17)27;1-2(3)4/h7-8,16,19-20,23,30-32H,5-6,9-15H2,1-4H3;1H3,(H,3,4)/p+1/t19-,20-,23-,25+,26-,27+,28+;/m1./s1. The first-order valence-corrected chi connectivity index (χ1v) is 14.4. The number of carboxylic acids is 1. The Morgan fingerprint density at radius 3 is 2.47 bits per heavy atom. The second-order valence-electron chi connectivity index (χ2n) is 14.4. The third kappa shape index (κ3) is 3.15. The summed E-state index contributed by atoms with van der Waals surface area (Å²) < 4.78 is 6.74. The van der Waals surface area contributed by atoms with Crippen molar-refractivity contribution in [2.24, 2.45) is 22.7 Å². The Bertz CT molecular complexity index is 1150. The minimum atomic E-state index is -1.06. The lowest BCUT2D eigenvalue weighted by Gasteiger charge is -2.73. The molecule has 1 unspecified atom stereocenters. The quantitative estimate of drug-likeness (QED) is 0.300. The molecule has 5 N–H and O–H groups in total. The summed E-state index contributed by atoms with van der Waals surface area (Å²) in [7, 11) is 0. The van der Waals surface area contributed by atoms with Crippen molar-refractivity contribution in [1.82, 2.24) is 0 Å². The predicted molar refractivity (Wildman–Crippen MR) is 139 cm³/mol. The van der Waals surface area contributed by atoms with Crippen molar-refractivity contribution >= 4 is 5.97 Å². The number of ether oxygens (including phenoxy) is 1. The van der Waals surface area contributed by atoms with Crippen LogP contribution in [0.1, 0.15) is 84.3 Å². The summed E-state index contributed by atoms with van der Waals surface area (Å²) in [6, 6.07) is 4.36. The van der Waals surface area contributed by atoms with Crippen molar-refractivity contribution in [3.05, 3.63) is 23.3 Å². The van der Waals surface area contributed by atoms with Gasteiger partial charge in [0.15, 0.2) is 11.5 Å². The number of piperidine rings is 1. The van der Waals surface area contributed by atoms with Gasteiger partial charge < -0.3 is 25.0 Å². The molecule has 8 rings (SSSR count). The fourth-order valence-corrected chi connectivity index (χ4v) is 9.62. The molecule has 2 aliphatic heterocycles. The summed E-state index contributed by atoms with van der Waals surface area (Å²) in [6.07, 6.45) is 6.76. The Balaban J connectivity index is 0.000000620. The van der Waals surface area contributed by atoms with Crippen LogP contribution in [0.2, 0.25) is 0 Å². The molecule has 8 heteroatoms. The molecule has 0 radical (unpaired) electrons. The normalized spacial score (nSPS) is 41.3. The van der Waals surface area contributed by atoms with E-state index in [1.165, 1.54) is 30.5 Å². The molecule has 8 nitrogen and oxygen atoms in total. The number of fused-ring (bicyclic) bond motifs is 2. The number of carboxylic acid groups (broad SMARTS) is 1. The Kier molecular flexibility index (Phi) is 5.61. The third-order valence-corrected chi connectivity index (χ3v) is 11.8. The molecule has 5 fully saturated rings. The van der Waals surface area contributed by atoms with Crippen LogP contribution in [0.3, 0.4) is 0 Å². The second kappa shape index (κ2) is 8.09. The Morgan fingerprint density at radius 1 is 1.18 bits per heavy atom. The average Bonchev–Trinajstić information content (AvgIpc) is 3.58. The molecule has 1 aromatic carbocycles. The first-order valence-electron chi connectivity index (χ1n) is 14.4. The van der Waals surface area contributed by atoms with Crippen LogP contribution in [0.25, 0.3) is 0 Å². The van der Waals surface area contributed by atoms with Crippen LogP contribution >= 0.6 is 0 Å². The van der Waals surface area contributed by atoms with Crippen LogP contribution < -0.4 is 9.64 Å². The number of aliphatic carboxylic acids is 1. The Hall–Kier alpha value is -1.87. The van der Waals surface area contributed by atoms with E-state index in [1.54, 1.807) is 11.0 Å². The summed E-state index contributed by atoms with van der Waals surface area (Å²) in [5.41, 5.74) is -0.279. The number of quaternary nitrogens is 1. The highest BCUT2D eigenvalue weighted by molar-refractivity contribution is 5.63. The van der Waals surface area contributed by atoms with Gasteiger partial charge in [0.2, 0.25) is 0 Å². The van der Waals surface area contributed by atoms with Gasteiger partial charge in [-0.05, 0) is 56.1 Å². The Morgan fingerprint density at radius 2 is 1.87 bits per heavy atom. The van der Waals surface area contributed by atoms with Gasteiger partial charge in [-0.2, -0.15) is 0 Å². The van der Waals surface area contributed by atoms with Gasteiger partial charge in [-0.25, -0.2) is 4.89 Å². The van der Waals surface area contributed by atoms with Crippen LogP contribution in [0.15, 0.2) is 12.1 Å². The van der Waals surface area contributed by atoms with E-state index in [4.69, 9.17) is 19.5 Å². The number of carbonyl (C=O) groups is 1. The number of phenolic OH excluding ortho intramolecular Hbond substituents is 1. The van der Waals surface area contributed by atoms with Gasteiger partial charge in [-0.3, -0.25) is 10.1 Å². The Labute approximate surface area is 224 Å². The molecular weight excluding hydrogens is 486 g/mol. The van der Waals surface area contributed by atoms with Crippen LogP contribution in [-0.2, 0) is 21.5 Å². The zero-order chi connectivity index (χ0) is 27.5. The summed E-state index contributed by atoms with van der Waals surface area (Å²) in [6.45, 7) is 11.6. The number of benzene rings is 1. The topological polar surface area (TPSA) is 121 Å². The SMILES string of the molecule is CC(=O)O.CC(C)(C)[C@@](C)(O)[C@H]1C[C@@]23CC[C@@]1(OO)[C@@H]1Oc4c(O)ccc5c4[C@@]12CC[NH+](CC1CC1)[C@@H]3C5. The van der Waals surface area contributed by atoms with Gasteiger partial charge in [-0.15, -0.1) is 0 Å².